The molecule has 0 aliphatic carbocycles. The number of esters is 1. The first kappa shape index (κ1) is 14.2. The number of rotatable bonds is 6. The largest absolute Gasteiger partial charge is 0.461 e. The van der Waals surface area contributed by atoms with Gasteiger partial charge in [-0.05, 0) is 19.4 Å². The molecule has 0 radical (unpaired) electrons. The van der Waals surface area contributed by atoms with Crippen LogP contribution < -0.4 is 0 Å². The zero-order chi connectivity index (χ0) is 13.4. The molecule has 98 valence electrons. The van der Waals surface area contributed by atoms with E-state index in [9.17, 15) is 4.79 Å². The maximum absolute atomic E-state index is 11.7. The van der Waals surface area contributed by atoms with Gasteiger partial charge in [0.25, 0.3) is 0 Å². The molecule has 0 bridgehead atoms. The lowest BCUT2D eigenvalue weighted by atomic mass is 10.1. The first-order chi connectivity index (χ1) is 8.74. The molecule has 1 aromatic carbocycles. The minimum atomic E-state index is -0.722. The quantitative estimate of drug-likeness (QED) is 0.364. The van der Waals surface area contributed by atoms with Crippen LogP contribution in [0.2, 0.25) is 0 Å². The predicted octanol–water partition coefficient (Wildman–Crippen LogP) is 2.16. The van der Waals surface area contributed by atoms with Crippen molar-refractivity contribution in [1.29, 1.82) is 0 Å². The van der Waals surface area contributed by atoms with Crippen LogP contribution in [0.4, 0.5) is 0 Å². The van der Waals surface area contributed by atoms with E-state index >= 15 is 0 Å². The standard InChI is InChI=1S/C13H17NO4/c1-3-17-12(10-8-6-5-7-9-10)11(14-16)13(15)18-4-2/h5-9,12,16H,3-4H2,1-2H3/b14-11+. The first-order valence-electron chi connectivity index (χ1n) is 5.80. The van der Waals surface area contributed by atoms with E-state index in [1.54, 1.807) is 26.0 Å². The molecular weight excluding hydrogens is 234 g/mol. The molecule has 1 unspecified atom stereocenters. The lowest BCUT2D eigenvalue weighted by molar-refractivity contribution is -0.136. The van der Waals surface area contributed by atoms with Crippen LogP contribution in [0.1, 0.15) is 25.5 Å². The second-order valence-electron chi connectivity index (χ2n) is 3.45. The third kappa shape index (κ3) is 3.56. The molecule has 5 heteroatoms. The Morgan fingerprint density at radius 1 is 1.28 bits per heavy atom. The van der Waals surface area contributed by atoms with E-state index in [0.29, 0.717) is 6.61 Å². The molecule has 0 aliphatic rings. The number of hydrogen-bond acceptors (Lipinski definition) is 5. The van der Waals surface area contributed by atoms with Crippen molar-refractivity contribution >= 4 is 11.7 Å². The van der Waals surface area contributed by atoms with Gasteiger partial charge in [0.15, 0.2) is 5.71 Å². The molecule has 0 aromatic heterocycles. The van der Waals surface area contributed by atoms with Crippen LogP contribution in [-0.4, -0.2) is 30.1 Å². The molecule has 1 aromatic rings. The fourth-order valence-electron chi connectivity index (χ4n) is 1.53. The molecule has 0 saturated carbocycles. The van der Waals surface area contributed by atoms with Crippen molar-refractivity contribution in [3.63, 3.8) is 0 Å². The molecule has 0 amide bonds. The van der Waals surface area contributed by atoms with Crippen LogP contribution >= 0.6 is 0 Å². The second-order valence-corrected chi connectivity index (χ2v) is 3.45. The lowest BCUT2D eigenvalue weighted by Crippen LogP contribution is -2.27. The van der Waals surface area contributed by atoms with Crippen molar-refractivity contribution in [3.8, 4) is 0 Å². The van der Waals surface area contributed by atoms with Crippen LogP contribution in [0.5, 0.6) is 0 Å². The number of ether oxygens (including phenoxy) is 2. The highest BCUT2D eigenvalue weighted by Crippen LogP contribution is 2.19. The molecule has 1 N–H and O–H groups in total. The SMILES string of the molecule is CCOC(=O)/C(=N/O)C(OCC)c1ccccc1. The highest BCUT2D eigenvalue weighted by molar-refractivity contribution is 6.38. The number of carbonyl (C=O) groups excluding carboxylic acids is 1. The Morgan fingerprint density at radius 2 is 1.94 bits per heavy atom. The smallest absolute Gasteiger partial charge is 0.359 e. The van der Waals surface area contributed by atoms with E-state index in [2.05, 4.69) is 5.16 Å². The van der Waals surface area contributed by atoms with Gasteiger partial charge in [-0.15, -0.1) is 0 Å². The zero-order valence-corrected chi connectivity index (χ0v) is 10.5. The Hall–Kier alpha value is -1.88. The van der Waals surface area contributed by atoms with Crippen molar-refractivity contribution in [2.75, 3.05) is 13.2 Å². The van der Waals surface area contributed by atoms with Gasteiger partial charge < -0.3 is 14.7 Å². The Kier molecular flexibility index (Phi) is 5.87. The summed E-state index contributed by atoms with van der Waals surface area (Å²) in [5, 5.41) is 12.0. The summed E-state index contributed by atoms with van der Waals surface area (Å²) in [6.07, 6.45) is -0.722. The van der Waals surface area contributed by atoms with Gasteiger partial charge >= 0.3 is 5.97 Å². The van der Waals surface area contributed by atoms with Gasteiger partial charge in [-0.3, -0.25) is 0 Å². The Labute approximate surface area is 106 Å². The lowest BCUT2D eigenvalue weighted by Gasteiger charge is -2.17. The number of hydrogen-bond donors (Lipinski definition) is 1. The average Bonchev–Trinajstić information content (AvgIpc) is 2.40. The zero-order valence-electron chi connectivity index (χ0n) is 10.5. The van der Waals surface area contributed by atoms with Crippen molar-refractivity contribution in [2.45, 2.75) is 20.0 Å². The van der Waals surface area contributed by atoms with E-state index in [0.717, 1.165) is 5.56 Å². The maximum Gasteiger partial charge on any atom is 0.359 e. The van der Waals surface area contributed by atoms with E-state index in [4.69, 9.17) is 14.7 Å². The minimum absolute atomic E-state index is 0.148. The molecule has 0 aliphatic heterocycles. The van der Waals surface area contributed by atoms with Crippen molar-refractivity contribution in [3.05, 3.63) is 35.9 Å². The molecule has 1 atom stereocenters. The van der Waals surface area contributed by atoms with Crippen molar-refractivity contribution in [1.82, 2.24) is 0 Å². The minimum Gasteiger partial charge on any atom is -0.461 e. The summed E-state index contributed by atoms with van der Waals surface area (Å²) in [5.41, 5.74) is 0.588. The molecular formula is C13H17NO4. The van der Waals surface area contributed by atoms with Crippen LogP contribution in [0.15, 0.2) is 35.5 Å². The summed E-state index contributed by atoms with van der Waals surface area (Å²) in [7, 11) is 0. The number of nitrogens with zero attached hydrogens (tertiary/aromatic N) is 1. The Morgan fingerprint density at radius 3 is 2.44 bits per heavy atom. The van der Waals surface area contributed by atoms with Crippen LogP contribution in [0.3, 0.4) is 0 Å². The van der Waals surface area contributed by atoms with Gasteiger partial charge in [0.05, 0.1) is 6.61 Å². The monoisotopic (exact) mass is 251 g/mol. The third-order valence-electron chi connectivity index (χ3n) is 2.28. The third-order valence-corrected chi connectivity index (χ3v) is 2.28. The molecule has 0 saturated heterocycles. The fourth-order valence-corrected chi connectivity index (χ4v) is 1.53. The summed E-state index contributed by atoms with van der Waals surface area (Å²) < 4.78 is 10.3. The van der Waals surface area contributed by atoms with Gasteiger partial charge in [-0.25, -0.2) is 4.79 Å². The van der Waals surface area contributed by atoms with E-state index in [-0.39, 0.29) is 12.3 Å². The molecule has 18 heavy (non-hydrogen) atoms. The topological polar surface area (TPSA) is 68.1 Å². The maximum atomic E-state index is 11.7. The highest BCUT2D eigenvalue weighted by Gasteiger charge is 2.27. The van der Waals surface area contributed by atoms with Crippen LogP contribution in [0, 0.1) is 0 Å². The summed E-state index contributed by atoms with van der Waals surface area (Å²) in [6, 6.07) is 9.09. The fraction of sp³-hybridized carbons (Fsp3) is 0.385. The normalized spacial score (nSPS) is 13.1. The second kappa shape index (κ2) is 7.45. The average molecular weight is 251 g/mol. The van der Waals surface area contributed by atoms with E-state index in [1.807, 2.05) is 18.2 Å². The summed E-state index contributed by atoms with van der Waals surface area (Å²) in [5.74, 6) is -0.678. The van der Waals surface area contributed by atoms with Gasteiger partial charge in [0.2, 0.25) is 0 Å². The summed E-state index contributed by atoms with van der Waals surface area (Å²) in [6.45, 7) is 4.09. The van der Waals surface area contributed by atoms with Crippen molar-refractivity contribution in [2.24, 2.45) is 5.16 Å². The Bertz CT molecular complexity index is 403. The molecule has 0 heterocycles. The summed E-state index contributed by atoms with van der Waals surface area (Å²) >= 11 is 0. The predicted molar refractivity (Wildman–Crippen MR) is 66.7 cm³/mol. The molecule has 1 rings (SSSR count). The van der Waals surface area contributed by atoms with Crippen LogP contribution in [-0.2, 0) is 14.3 Å². The summed E-state index contributed by atoms with van der Waals surface area (Å²) in [4.78, 5) is 11.7. The van der Waals surface area contributed by atoms with E-state index in [1.165, 1.54) is 0 Å². The van der Waals surface area contributed by atoms with Gasteiger partial charge in [0.1, 0.15) is 6.10 Å². The van der Waals surface area contributed by atoms with Crippen LogP contribution in [0.25, 0.3) is 0 Å². The van der Waals surface area contributed by atoms with Gasteiger partial charge in [-0.2, -0.15) is 0 Å². The molecule has 0 fully saturated rings. The molecule has 0 spiro atoms. The van der Waals surface area contributed by atoms with Gasteiger partial charge in [-0.1, -0.05) is 35.5 Å². The first-order valence-corrected chi connectivity index (χ1v) is 5.80. The van der Waals surface area contributed by atoms with Gasteiger partial charge in [0, 0.05) is 6.61 Å². The number of oxime groups is 1. The van der Waals surface area contributed by atoms with E-state index < -0.39 is 12.1 Å². The number of carbonyl (C=O) groups is 1. The highest BCUT2D eigenvalue weighted by atomic mass is 16.5. The van der Waals surface area contributed by atoms with Crippen molar-refractivity contribution < 1.29 is 19.5 Å². The molecule has 5 nitrogen and oxygen atoms in total. The number of benzene rings is 1. The Balaban J connectivity index is 3.00.